The van der Waals surface area contributed by atoms with E-state index < -0.39 is 0 Å². The highest BCUT2D eigenvalue weighted by Gasteiger charge is 2.06. The molecule has 1 N–H and O–H groups in total. The quantitative estimate of drug-likeness (QED) is 0.537. The van der Waals surface area contributed by atoms with Crippen LogP contribution >= 0.6 is 11.3 Å². The summed E-state index contributed by atoms with van der Waals surface area (Å²) in [6, 6.07) is 0.0405. The molecule has 0 amide bonds. The number of nitrogens with zero attached hydrogens (tertiary/aromatic N) is 2. The number of rotatable bonds is 2. The Hall–Kier alpha value is -1.08. The van der Waals surface area contributed by atoms with Gasteiger partial charge in [-0.3, -0.25) is 0 Å². The summed E-state index contributed by atoms with van der Waals surface area (Å²) in [6.45, 7) is 3.86. The first-order valence-electron chi connectivity index (χ1n) is 3.30. The van der Waals surface area contributed by atoms with E-state index in [1.807, 2.05) is 25.4 Å². The maximum atomic E-state index is 8.32. The lowest BCUT2D eigenvalue weighted by Gasteiger charge is -2.02. The Balaban J connectivity index is 2.70. The second-order valence-corrected chi connectivity index (χ2v) is 3.19. The predicted octanol–water partition coefficient (Wildman–Crippen LogP) is 1.58. The Morgan fingerprint density at radius 3 is 3.00 bits per heavy atom. The van der Waals surface area contributed by atoms with Crippen LogP contribution in [-0.2, 0) is 0 Å². The van der Waals surface area contributed by atoms with E-state index in [-0.39, 0.29) is 6.04 Å². The van der Waals surface area contributed by atoms with E-state index in [0.29, 0.717) is 0 Å². The van der Waals surface area contributed by atoms with E-state index in [1.165, 1.54) is 0 Å². The molecule has 0 fully saturated rings. The fourth-order valence-corrected chi connectivity index (χ4v) is 1.53. The molecule has 1 aromatic rings. The van der Waals surface area contributed by atoms with Gasteiger partial charge in [0.25, 0.3) is 0 Å². The second kappa shape index (κ2) is 3.35. The number of thiazole rings is 1. The second-order valence-electron chi connectivity index (χ2n) is 2.30. The average molecular weight is 167 g/mol. The molecule has 1 atom stereocenters. The number of hydrogen-bond donors (Lipinski definition) is 1. The molecule has 1 rings (SSSR count). The number of aromatic nitrogens is 1. The Labute approximate surface area is 69.7 Å². The van der Waals surface area contributed by atoms with Crippen molar-refractivity contribution in [2.24, 2.45) is 0 Å². The summed E-state index contributed by atoms with van der Waals surface area (Å²) in [5, 5.41) is 13.9. The molecule has 58 valence electrons. The van der Waals surface area contributed by atoms with Gasteiger partial charge >= 0.3 is 0 Å². The third-order valence-corrected chi connectivity index (χ3v) is 2.43. The zero-order chi connectivity index (χ0) is 8.27. The SMILES string of the molecule is Cc1csc(C(C)NC#N)n1. The Morgan fingerprint density at radius 1 is 1.82 bits per heavy atom. The summed E-state index contributed by atoms with van der Waals surface area (Å²) in [5.74, 6) is 0. The van der Waals surface area contributed by atoms with Crippen molar-refractivity contribution < 1.29 is 0 Å². The smallest absolute Gasteiger partial charge is 0.177 e. The molecule has 0 aromatic carbocycles. The minimum atomic E-state index is 0.0405. The molecule has 0 bridgehead atoms. The summed E-state index contributed by atoms with van der Waals surface area (Å²) in [5.41, 5.74) is 1.01. The van der Waals surface area contributed by atoms with E-state index in [4.69, 9.17) is 5.26 Å². The summed E-state index contributed by atoms with van der Waals surface area (Å²) in [4.78, 5) is 4.23. The molecule has 0 aliphatic rings. The minimum Gasteiger partial charge on any atom is -0.314 e. The van der Waals surface area contributed by atoms with Gasteiger partial charge in [0.1, 0.15) is 5.01 Å². The van der Waals surface area contributed by atoms with E-state index >= 15 is 0 Å². The van der Waals surface area contributed by atoms with Crippen molar-refractivity contribution in [3.63, 3.8) is 0 Å². The Morgan fingerprint density at radius 2 is 2.55 bits per heavy atom. The van der Waals surface area contributed by atoms with Crippen LogP contribution in [0.5, 0.6) is 0 Å². The first kappa shape index (κ1) is 8.02. The van der Waals surface area contributed by atoms with Crippen LogP contribution in [0.2, 0.25) is 0 Å². The molecule has 1 unspecified atom stereocenters. The van der Waals surface area contributed by atoms with Crippen LogP contribution in [0.25, 0.3) is 0 Å². The van der Waals surface area contributed by atoms with Gasteiger partial charge in [-0.2, -0.15) is 5.26 Å². The first-order chi connectivity index (χ1) is 5.24. The molecule has 0 saturated heterocycles. The van der Waals surface area contributed by atoms with E-state index in [9.17, 15) is 0 Å². The lowest BCUT2D eigenvalue weighted by atomic mass is 10.4. The lowest BCUT2D eigenvalue weighted by Crippen LogP contribution is -2.11. The van der Waals surface area contributed by atoms with Crippen molar-refractivity contribution in [2.45, 2.75) is 19.9 Å². The summed E-state index contributed by atoms with van der Waals surface area (Å²) < 4.78 is 0. The molecular formula is C7H9N3S. The summed E-state index contributed by atoms with van der Waals surface area (Å²) >= 11 is 1.57. The Kier molecular flexibility index (Phi) is 2.44. The third-order valence-electron chi connectivity index (χ3n) is 1.29. The molecule has 0 spiro atoms. The highest BCUT2D eigenvalue weighted by atomic mass is 32.1. The van der Waals surface area contributed by atoms with Crippen LogP contribution in [0.1, 0.15) is 23.7 Å². The van der Waals surface area contributed by atoms with Gasteiger partial charge in [0.15, 0.2) is 6.19 Å². The number of nitrogens with one attached hydrogen (secondary N) is 1. The van der Waals surface area contributed by atoms with Gasteiger partial charge in [-0.15, -0.1) is 11.3 Å². The maximum Gasteiger partial charge on any atom is 0.177 e. The van der Waals surface area contributed by atoms with Crippen molar-refractivity contribution in [2.75, 3.05) is 0 Å². The summed E-state index contributed by atoms with van der Waals surface area (Å²) in [7, 11) is 0. The highest BCUT2D eigenvalue weighted by Crippen LogP contribution is 2.16. The number of aryl methyl sites for hydroxylation is 1. The molecule has 0 radical (unpaired) electrons. The van der Waals surface area contributed by atoms with Gasteiger partial charge in [0.2, 0.25) is 0 Å². The van der Waals surface area contributed by atoms with Crippen LogP contribution < -0.4 is 5.32 Å². The van der Waals surface area contributed by atoms with Crippen molar-refractivity contribution >= 4 is 11.3 Å². The fraction of sp³-hybridized carbons (Fsp3) is 0.429. The van der Waals surface area contributed by atoms with Gasteiger partial charge in [0.05, 0.1) is 6.04 Å². The molecule has 1 heterocycles. The third kappa shape index (κ3) is 1.92. The monoisotopic (exact) mass is 167 g/mol. The van der Waals surface area contributed by atoms with Crippen molar-refractivity contribution in [1.82, 2.24) is 10.3 Å². The maximum absolute atomic E-state index is 8.32. The Bertz CT molecular complexity index is 273. The lowest BCUT2D eigenvalue weighted by molar-refractivity contribution is 0.689. The van der Waals surface area contributed by atoms with Crippen LogP contribution in [0.3, 0.4) is 0 Å². The summed E-state index contributed by atoms with van der Waals surface area (Å²) in [6.07, 6.45) is 1.89. The van der Waals surface area contributed by atoms with Gasteiger partial charge in [-0.25, -0.2) is 4.98 Å². The topological polar surface area (TPSA) is 48.7 Å². The van der Waals surface area contributed by atoms with E-state index in [1.54, 1.807) is 11.3 Å². The van der Waals surface area contributed by atoms with Crippen molar-refractivity contribution in [3.05, 3.63) is 16.1 Å². The average Bonchev–Trinajstić information content (AvgIpc) is 2.36. The normalized spacial score (nSPS) is 12.1. The number of hydrogen-bond acceptors (Lipinski definition) is 4. The van der Waals surface area contributed by atoms with Crippen LogP contribution in [0, 0.1) is 18.4 Å². The van der Waals surface area contributed by atoms with Crippen LogP contribution in [0.15, 0.2) is 5.38 Å². The predicted molar refractivity (Wildman–Crippen MR) is 44.0 cm³/mol. The molecule has 11 heavy (non-hydrogen) atoms. The molecule has 4 heteroatoms. The molecule has 1 aromatic heterocycles. The zero-order valence-electron chi connectivity index (χ0n) is 6.46. The highest BCUT2D eigenvalue weighted by molar-refractivity contribution is 7.09. The van der Waals surface area contributed by atoms with Crippen LogP contribution in [0.4, 0.5) is 0 Å². The van der Waals surface area contributed by atoms with E-state index in [2.05, 4.69) is 10.3 Å². The van der Waals surface area contributed by atoms with Crippen LogP contribution in [-0.4, -0.2) is 4.98 Å². The molecule has 0 aliphatic carbocycles. The van der Waals surface area contributed by atoms with Gasteiger partial charge < -0.3 is 5.32 Å². The standard InChI is InChI=1S/C7H9N3S/c1-5-3-11-7(10-5)6(2)9-4-8/h3,6,9H,1-2H3. The van der Waals surface area contributed by atoms with E-state index in [0.717, 1.165) is 10.7 Å². The minimum absolute atomic E-state index is 0.0405. The first-order valence-corrected chi connectivity index (χ1v) is 4.18. The molecule has 0 aliphatic heterocycles. The molecular weight excluding hydrogens is 158 g/mol. The number of nitriles is 1. The van der Waals surface area contributed by atoms with Crippen molar-refractivity contribution in [3.8, 4) is 6.19 Å². The largest absolute Gasteiger partial charge is 0.314 e. The van der Waals surface area contributed by atoms with Crippen molar-refractivity contribution in [1.29, 1.82) is 5.26 Å². The zero-order valence-corrected chi connectivity index (χ0v) is 7.27. The fourth-order valence-electron chi connectivity index (χ4n) is 0.730. The molecule has 0 saturated carbocycles. The molecule has 3 nitrogen and oxygen atoms in total. The van der Waals surface area contributed by atoms with Gasteiger partial charge in [-0.05, 0) is 13.8 Å². The van der Waals surface area contributed by atoms with Gasteiger partial charge in [-0.1, -0.05) is 0 Å². The van der Waals surface area contributed by atoms with Gasteiger partial charge in [0, 0.05) is 11.1 Å².